The van der Waals surface area contributed by atoms with E-state index in [1.54, 1.807) is 7.11 Å². The number of carbonyl (C=O) groups excluding carboxylic acids is 3. The molecule has 3 rings (SSSR count). The lowest BCUT2D eigenvalue weighted by molar-refractivity contribution is -0.155. The van der Waals surface area contributed by atoms with E-state index in [1.807, 2.05) is 24.3 Å². The number of likely N-dealkylation sites (tertiary alicyclic amines) is 1. The van der Waals surface area contributed by atoms with Crippen molar-refractivity contribution in [2.24, 2.45) is 5.41 Å². The second-order valence-electron chi connectivity index (χ2n) is 7.02. The number of piperidine rings is 1. The van der Waals surface area contributed by atoms with Crippen LogP contribution in [-0.2, 0) is 20.9 Å². The average Bonchev–Trinajstić information content (AvgIpc) is 3.04. The molecule has 1 aromatic rings. The zero-order valence-electron chi connectivity index (χ0n) is 14.5. The van der Waals surface area contributed by atoms with Gasteiger partial charge in [-0.3, -0.25) is 19.3 Å². The van der Waals surface area contributed by atoms with Gasteiger partial charge >= 0.3 is 0 Å². The van der Waals surface area contributed by atoms with Crippen LogP contribution in [-0.4, -0.2) is 36.3 Å². The minimum atomic E-state index is -0.338. The van der Waals surface area contributed by atoms with Crippen LogP contribution < -0.4 is 10.1 Å². The second-order valence-corrected chi connectivity index (χ2v) is 7.02. The Bertz CT molecular complexity index is 660. The number of para-hydroxylation sites is 1. The number of carbonyl (C=O) groups is 3. The molecule has 0 unspecified atom stereocenters. The molecule has 0 atom stereocenters. The maximum atomic E-state index is 12.4. The number of nitrogens with zero attached hydrogens (tertiary/aromatic N) is 1. The number of methoxy groups -OCH3 is 1. The topological polar surface area (TPSA) is 75.7 Å². The lowest BCUT2D eigenvalue weighted by atomic mass is 9.76. The fourth-order valence-corrected chi connectivity index (χ4v) is 3.93. The average molecular weight is 344 g/mol. The van der Waals surface area contributed by atoms with Gasteiger partial charge in [-0.2, -0.15) is 0 Å². The van der Waals surface area contributed by atoms with Gasteiger partial charge in [0.05, 0.1) is 7.11 Å². The number of benzene rings is 1. The van der Waals surface area contributed by atoms with E-state index in [1.165, 1.54) is 0 Å². The number of hydrogen-bond donors (Lipinski definition) is 1. The molecule has 1 saturated heterocycles. The van der Waals surface area contributed by atoms with Crippen molar-refractivity contribution >= 4 is 17.7 Å². The first-order valence-electron chi connectivity index (χ1n) is 8.75. The predicted molar refractivity (Wildman–Crippen MR) is 91.7 cm³/mol. The van der Waals surface area contributed by atoms with Crippen LogP contribution in [0.15, 0.2) is 24.3 Å². The van der Waals surface area contributed by atoms with Crippen LogP contribution in [0, 0.1) is 5.41 Å². The number of imide groups is 1. The van der Waals surface area contributed by atoms with E-state index in [2.05, 4.69) is 5.32 Å². The van der Waals surface area contributed by atoms with Gasteiger partial charge in [0, 0.05) is 24.9 Å². The van der Waals surface area contributed by atoms with Crippen molar-refractivity contribution in [2.75, 3.05) is 13.7 Å². The molecule has 0 bridgehead atoms. The van der Waals surface area contributed by atoms with Gasteiger partial charge in [0.15, 0.2) is 0 Å². The number of amides is 3. The summed E-state index contributed by atoms with van der Waals surface area (Å²) >= 11 is 0. The highest BCUT2D eigenvalue weighted by Gasteiger charge is 2.45. The summed E-state index contributed by atoms with van der Waals surface area (Å²) in [6, 6.07) is 7.40. The molecule has 1 heterocycles. The highest BCUT2D eigenvalue weighted by Crippen LogP contribution is 2.46. The fourth-order valence-electron chi connectivity index (χ4n) is 3.93. The van der Waals surface area contributed by atoms with Gasteiger partial charge in [0.1, 0.15) is 12.3 Å². The monoisotopic (exact) mass is 344 g/mol. The van der Waals surface area contributed by atoms with Crippen LogP contribution in [0.25, 0.3) is 0 Å². The Morgan fingerprint density at radius 3 is 2.44 bits per heavy atom. The molecule has 6 nitrogen and oxygen atoms in total. The standard InChI is InChI=1S/C19H24N2O4/c1-25-15-7-3-2-6-14(15)12-20-16(22)13-21-17(23)10-19(11-18(21)24)8-4-5-9-19/h2-3,6-7H,4-5,8-13H2,1H3,(H,20,22). The molecule has 1 aromatic carbocycles. The minimum absolute atomic E-state index is 0.140. The van der Waals surface area contributed by atoms with E-state index in [0.29, 0.717) is 25.1 Å². The van der Waals surface area contributed by atoms with E-state index in [0.717, 1.165) is 36.1 Å². The van der Waals surface area contributed by atoms with Gasteiger partial charge in [-0.1, -0.05) is 31.0 Å². The Hall–Kier alpha value is -2.37. The first-order valence-corrected chi connectivity index (χ1v) is 8.75. The van der Waals surface area contributed by atoms with Gasteiger partial charge in [-0.05, 0) is 24.3 Å². The maximum Gasteiger partial charge on any atom is 0.240 e. The normalized spacial score (nSPS) is 19.3. The Morgan fingerprint density at radius 2 is 1.80 bits per heavy atom. The lowest BCUT2D eigenvalue weighted by Gasteiger charge is -2.36. The first-order chi connectivity index (χ1) is 12.0. The molecule has 1 N–H and O–H groups in total. The van der Waals surface area contributed by atoms with Crippen LogP contribution in [0.1, 0.15) is 44.1 Å². The minimum Gasteiger partial charge on any atom is -0.496 e. The molecule has 1 saturated carbocycles. The van der Waals surface area contributed by atoms with Crippen LogP contribution in [0.4, 0.5) is 0 Å². The summed E-state index contributed by atoms with van der Waals surface area (Å²) in [4.78, 5) is 38.1. The largest absolute Gasteiger partial charge is 0.496 e. The molecule has 3 amide bonds. The van der Waals surface area contributed by atoms with E-state index in [-0.39, 0.29) is 29.7 Å². The van der Waals surface area contributed by atoms with E-state index in [4.69, 9.17) is 4.74 Å². The molecule has 1 spiro atoms. The number of rotatable bonds is 5. The first kappa shape index (κ1) is 17.5. The van der Waals surface area contributed by atoms with Crippen molar-refractivity contribution in [3.05, 3.63) is 29.8 Å². The van der Waals surface area contributed by atoms with Crippen LogP contribution >= 0.6 is 0 Å². The van der Waals surface area contributed by atoms with Gasteiger partial charge in [-0.15, -0.1) is 0 Å². The van der Waals surface area contributed by atoms with Crippen molar-refractivity contribution in [1.82, 2.24) is 10.2 Å². The Kier molecular flexibility index (Phi) is 5.06. The third kappa shape index (κ3) is 3.83. The third-order valence-corrected chi connectivity index (χ3v) is 5.29. The maximum absolute atomic E-state index is 12.4. The van der Waals surface area contributed by atoms with Gasteiger partial charge in [0.2, 0.25) is 17.7 Å². The quantitative estimate of drug-likeness (QED) is 0.829. The summed E-state index contributed by atoms with van der Waals surface area (Å²) in [5, 5.41) is 2.76. The Labute approximate surface area is 147 Å². The summed E-state index contributed by atoms with van der Waals surface area (Å²) in [6.07, 6.45) is 4.83. The summed E-state index contributed by atoms with van der Waals surface area (Å²) in [5.41, 5.74) is 0.706. The zero-order valence-corrected chi connectivity index (χ0v) is 14.5. The molecule has 25 heavy (non-hydrogen) atoms. The van der Waals surface area contributed by atoms with Crippen LogP contribution in [0.2, 0.25) is 0 Å². The molecular formula is C19H24N2O4. The summed E-state index contributed by atoms with van der Waals surface area (Å²) in [7, 11) is 1.57. The van der Waals surface area contributed by atoms with Crippen LogP contribution in [0.5, 0.6) is 5.75 Å². The van der Waals surface area contributed by atoms with Gasteiger partial charge in [0.25, 0.3) is 0 Å². The van der Waals surface area contributed by atoms with E-state index in [9.17, 15) is 14.4 Å². The smallest absolute Gasteiger partial charge is 0.240 e. The molecule has 0 radical (unpaired) electrons. The Morgan fingerprint density at radius 1 is 1.16 bits per heavy atom. The van der Waals surface area contributed by atoms with E-state index < -0.39 is 0 Å². The molecule has 2 aliphatic rings. The molecule has 0 aromatic heterocycles. The van der Waals surface area contributed by atoms with Crippen molar-refractivity contribution in [2.45, 2.75) is 45.1 Å². The number of ether oxygens (including phenoxy) is 1. The van der Waals surface area contributed by atoms with E-state index >= 15 is 0 Å². The highest BCUT2D eigenvalue weighted by molar-refractivity contribution is 6.01. The summed E-state index contributed by atoms with van der Waals surface area (Å²) < 4.78 is 5.25. The molecule has 134 valence electrons. The molecule has 2 fully saturated rings. The second kappa shape index (κ2) is 7.25. The zero-order chi connectivity index (χ0) is 17.9. The van der Waals surface area contributed by atoms with Crippen molar-refractivity contribution in [3.8, 4) is 5.75 Å². The van der Waals surface area contributed by atoms with Crippen molar-refractivity contribution < 1.29 is 19.1 Å². The fraction of sp³-hybridized carbons (Fsp3) is 0.526. The Balaban J connectivity index is 1.56. The predicted octanol–water partition coefficient (Wildman–Crippen LogP) is 2.02. The molecular weight excluding hydrogens is 320 g/mol. The third-order valence-electron chi connectivity index (χ3n) is 5.29. The lowest BCUT2D eigenvalue weighted by Crippen LogP contribution is -2.50. The van der Waals surface area contributed by atoms with Gasteiger partial charge < -0.3 is 10.1 Å². The van der Waals surface area contributed by atoms with Crippen LogP contribution in [0.3, 0.4) is 0 Å². The van der Waals surface area contributed by atoms with Crippen molar-refractivity contribution in [1.29, 1.82) is 0 Å². The molecule has 6 heteroatoms. The summed E-state index contributed by atoms with van der Waals surface area (Å²) in [5.74, 6) is -0.0812. The molecule has 1 aliphatic heterocycles. The summed E-state index contributed by atoms with van der Waals surface area (Å²) in [6.45, 7) is 0.0892. The number of nitrogens with one attached hydrogen (secondary N) is 1. The highest BCUT2D eigenvalue weighted by atomic mass is 16.5. The van der Waals surface area contributed by atoms with Crippen molar-refractivity contribution in [3.63, 3.8) is 0 Å². The SMILES string of the molecule is COc1ccccc1CNC(=O)CN1C(=O)CC2(CCCC2)CC1=O. The number of hydrogen-bond acceptors (Lipinski definition) is 4. The van der Waals surface area contributed by atoms with Gasteiger partial charge in [-0.25, -0.2) is 0 Å². The molecule has 1 aliphatic carbocycles.